The summed E-state index contributed by atoms with van der Waals surface area (Å²) in [7, 11) is 0. The summed E-state index contributed by atoms with van der Waals surface area (Å²) >= 11 is 6.03. The summed E-state index contributed by atoms with van der Waals surface area (Å²) in [6.07, 6.45) is 0.755. The number of para-hydroxylation sites is 1. The van der Waals surface area contributed by atoms with E-state index in [4.69, 9.17) is 17.3 Å². The molecular formula is C16H13ClN2. The van der Waals surface area contributed by atoms with Crippen molar-refractivity contribution < 1.29 is 0 Å². The first-order valence-corrected chi connectivity index (χ1v) is 6.49. The molecule has 2 N–H and O–H groups in total. The van der Waals surface area contributed by atoms with E-state index in [0.29, 0.717) is 10.7 Å². The number of hydrogen-bond acceptors (Lipinski definition) is 2. The lowest BCUT2D eigenvalue weighted by molar-refractivity contribution is 1.10. The molecule has 1 heterocycles. The SMILES string of the molecule is Nc1ccc(Cc2ccc3ccccc3n2)cc1Cl. The van der Waals surface area contributed by atoms with Crippen molar-refractivity contribution >= 4 is 28.2 Å². The molecule has 0 aliphatic heterocycles. The van der Waals surface area contributed by atoms with Crippen LogP contribution in [-0.4, -0.2) is 4.98 Å². The van der Waals surface area contributed by atoms with E-state index in [9.17, 15) is 0 Å². The molecule has 0 amide bonds. The Hall–Kier alpha value is -2.06. The first-order chi connectivity index (χ1) is 9.22. The second-order valence-electron chi connectivity index (χ2n) is 4.53. The van der Waals surface area contributed by atoms with Crippen LogP contribution >= 0.6 is 11.6 Å². The van der Waals surface area contributed by atoms with Crippen molar-refractivity contribution in [1.29, 1.82) is 0 Å². The van der Waals surface area contributed by atoms with Gasteiger partial charge in [-0.2, -0.15) is 0 Å². The van der Waals surface area contributed by atoms with Crippen molar-refractivity contribution in [1.82, 2.24) is 4.98 Å². The van der Waals surface area contributed by atoms with Gasteiger partial charge in [0.05, 0.1) is 16.2 Å². The summed E-state index contributed by atoms with van der Waals surface area (Å²) in [5, 5.41) is 1.75. The molecule has 3 rings (SSSR count). The zero-order valence-electron chi connectivity index (χ0n) is 10.3. The van der Waals surface area contributed by atoms with Gasteiger partial charge in [0, 0.05) is 17.5 Å². The fraction of sp³-hybridized carbons (Fsp3) is 0.0625. The smallest absolute Gasteiger partial charge is 0.0705 e. The third-order valence-corrected chi connectivity index (χ3v) is 3.43. The van der Waals surface area contributed by atoms with Gasteiger partial charge in [-0.05, 0) is 29.8 Å². The number of nitrogens with two attached hydrogens (primary N) is 1. The molecule has 19 heavy (non-hydrogen) atoms. The zero-order chi connectivity index (χ0) is 13.2. The second kappa shape index (κ2) is 4.90. The molecule has 0 atom stereocenters. The maximum atomic E-state index is 6.03. The number of nitrogens with zero attached hydrogens (tertiary/aromatic N) is 1. The van der Waals surface area contributed by atoms with Crippen molar-refractivity contribution in [2.75, 3.05) is 5.73 Å². The minimum absolute atomic E-state index is 0.596. The van der Waals surface area contributed by atoms with E-state index in [1.807, 2.05) is 42.5 Å². The average molecular weight is 269 g/mol. The van der Waals surface area contributed by atoms with Crippen LogP contribution in [-0.2, 0) is 6.42 Å². The first-order valence-electron chi connectivity index (χ1n) is 6.11. The van der Waals surface area contributed by atoms with E-state index in [1.165, 1.54) is 0 Å². The topological polar surface area (TPSA) is 38.9 Å². The summed E-state index contributed by atoms with van der Waals surface area (Å²) in [6, 6.07) is 18.0. The summed E-state index contributed by atoms with van der Waals surface area (Å²) < 4.78 is 0. The van der Waals surface area contributed by atoms with Crippen LogP contribution < -0.4 is 5.73 Å². The Morgan fingerprint density at radius 3 is 2.68 bits per heavy atom. The molecule has 1 aromatic heterocycles. The van der Waals surface area contributed by atoms with Gasteiger partial charge in [-0.3, -0.25) is 4.98 Å². The predicted octanol–water partition coefficient (Wildman–Crippen LogP) is 4.06. The van der Waals surface area contributed by atoms with Gasteiger partial charge in [-0.25, -0.2) is 0 Å². The number of halogens is 1. The number of aromatic nitrogens is 1. The van der Waals surface area contributed by atoms with Crippen LogP contribution in [0.15, 0.2) is 54.6 Å². The number of anilines is 1. The Morgan fingerprint density at radius 1 is 1.00 bits per heavy atom. The highest BCUT2D eigenvalue weighted by Crippen LogP contribution is 2.21. The van der Waals surface area contributed by atoms with Crippen molar-refractivity contribution in [3.05, 3.63) is 70.9 Å². The van der Waals surface area contributed by atoms with Gasteiger partial charge in [0.25, 0.3) is 0 Å². The molecule has 94 valence electrons. The van der Waals surface area contributed by atoms with Gasteiger partial charge in [-0.1, -0.05) is 41.9 Å². The minimum atomic E-state index is 0.596. The van der Waals surface area contributed by atoms with Gasteiger partial charge in [0.2, 0.25) is 0 Å². The molecule has 0 radical (unpaired) electrons. The predicted molar refractivity (Wildman–Crippen MR) is 80.4 cm³/mol. The van der Waals surface area contributed by atoms with E-state index in [0.717, 1.165) is 28.6 Å². The molecule has 2 aromatic carbocycles. The first kappa shape index (κ1) is 12.0. The Bertz CT molecular complexity index is 738. The normalized spacial score (nSPS) is 10.8. The lowest BCUT2D eigenvalue weighted by Gasteiger charge is -2.05. The van der Waals surface area contributed by atoms with Crippen LogP contribution in [0.5, 0.6) is 0 Å². The Balaban J connectivity index is 1.94. The van der Waals surface area contributed by atoms with Crippen molar-refractivity contribution in [2.24, 2.45) is 0 Å². The standard InChI is InChI=1S/C16H13ClN2/c17-14-10-11(5-8-15(14)18)9-13-7-6-12-3-1-2-4-16(12)19-13/h1-8,10H,9,18H2. The molecule has 3 aromatic rings. The van der Waals surface area contributed by atoms with E-state index in [2.05, 4.69) is 17.1 Å². The van der Waals surface area contributed by atoms with E-state index >= 15 is 0 Å². The lowest BCUT2D eigenvalue weighted by atomic mass is 10.1. The molecular weight excluding hydrogens is 256 g/mol. The number of fused-ring (bicyclic) bond motifs is 1. The highest BCUT2D eigenvalue weighted by atomic mass is 35.5. The average Bonchev–Trinajstić information content (AvgIpc) is 2.43. The van der Waals surface area contributed by atoms with E-state index < -0.39 is 0 Å². The summed E-state index contributed by atoms with van der Waals surface area (Å²) in [5.41, 5.74) is 9.47. The molecule has 0 unspecified atom stereocenters. The molecule has 0 saturated carbocycles. The van der Waals surface area contributed by atoms with E-state index in [1.54, 1.807) is 0 Å². The number of benzene rings is 2. The summed E-state index contributed by atoms with van der Waals surface area (Å²) in [5.74, 6) is 0. The molecule has 0 saturated heterocycles. The Morgan fingerprint density at radius 2 is 1.84 bits per heavy atom. The molecule has 2 nitrogen and oxygen atoms in total. The number of hydrogen-bond donors (Lipinski definition) is 1. The number of rotatable bonds is 2. The fourth-order valence-electron chi connectivity index (χ4n) is 2.10. The maximum Gasteiger partial charge on any atom is 0.0705 e. The molecule has 0 aliphatic rings. The Labute approximate surface area is 116 Å². The van der Waals surface area contributed by atoms with E-state index in [-0.39, 0.29) is 0 Å². The van der Waals surface area contributed by atoms with Gasteiger partial charge in [-0.15, -0.1) is 0 Å². The third-order valence-electron chi connectivity index (χ3n) is 3.11. The van der Waals surface area contributed by atoms with Crippen LogP contribution in [0.4, 0.5) is 5.69 Å². The van der Waals surface area contributed by atoms with Crippen molar-refractivity contribution in [2.45, 2.75) is 6.42 Å². The highest BCUT2D eigenvalue weighted by molar-refractivity contribution is 6.33. The Kier molecular flexibility index (Phi) is 3.10. The van der Waals surface area contributed by atoms with Gasteiger partial charge >= 0.3 is 0 Å². The summed E-state index contributed by atoms with van der Waals surface area (Å²) in [4.78, 5) is 4.65. The minimum Gasteiger partial charge on any atom is -0.398 e. The second-order valence-corrected chi connectivity index (χ2v) is 4.94. The monoisotopic (exact) mass is 268 g/mol. The van der Waals surface area contributed by atoms with Crippen molar-refractivity contribution in [3.63, 3.8) is 0 Å². The van der Waals surface area contributed by atoms with Gasteiger partial charge < -0.3 is 5.73 Å². The summed E-state index contributed by atoms with van der Waals surface area (Å²) in [6.45, 7) is 0. The third kappa shape index (κ3) is 2.54. The van der Waals surface area contributed by atoms with Crippen LogP contribution in [0, 0.1) is 0 Å². The fourth-order valence-corrected chi connectivity index (χ4v) is 2.30. The zero-order valence-corrected chi connectivity index (χ0v) is 11.1. The van der Waals surface area contributed by atoms with Crippen molar-refractivity contribution in [3.8, 4) is 0 Å². The number of pyridine rings is 1. The van der Waals surface area contributed by atoms with Crippen LogP contribution in [0.2, 0.25) is 5.02 Å². The largest absolute Gasteiger partial charge is 0.398 e. The van der Waals surface area contributed by atoms with Gasteiger partial charge in [0.15, 0.2) is 0 Å². The van der Waals surface area contributed by atoms with Gasteiger partial charge in [0.1, 0.15) is 0 Å². The molecule has 0 fully saturated rings. The quantitative estimate of drug-likeness (QED) is 0.712. The van der Waals surface area contributed by atoms with Crippen LogP contribution in [0.25, 0.3) is 10.9 Å². The van der Waals surface area contributed by atoms with Crippen LogP contribution in [0.3, 0.4) is 0 Å². The molecule has 3 heteroatoms. The number of nitrogen functional groups attached to an aromatic ring is 1. The molecule has 0 aliphatic carbocycles. The van der Waals surface area contributed by atoms with Crippen LogP contribution in [0.1, 0.15) is 11.3 Å². The molecule has 0 spiro atoms. The lowest BCUT2D eigenvalue weighted by Crippen LogP contribution is -1.94. The maximum absolute atomic E-state index is 6.03. The highest BCUT2D eigenvalue weighted by Gasteiger charge is 2.02. The molecule has 0 bridgehead atoms.